The molecule has 0 saturated carbocycles. The van der Waals surface area contributed by atoms with Crippen LogP contribution in [0.2, 0.25) is 0 Å². The van der Waals surface area contributed by atoms with Crippen molar-refractivity contribution in [2.24, 2.45) is 0 Å². The molecular weight excluding hydrogens is 324 g/mol. The van der Waals surface area contributed by atoms with Crippen LogP contribution in [-0.2, 0) is 24.6 Å². The number of carbonyl (C=O) groups excluding carboxylic acids is 3. The molecule has 1 fully saturated rings. The lowest BCUT2D eigenvalue weighted by atomic mass is 10.0. The van der Waals surface area contributed by atoms with Gasteiger partial charge in [0.2, 0.25) is 0 Å². The maximum atomic E-state index is 13.0. The van der Waals surface area contributed by atoms with Gasteiger partial charge in [-0.05, 0) is 33.8 Å². The molecule has 25 heavy (non-hydrogen) atoms. The zero-order valence-electron chi connectivity index (χ0n) is 14.9. The second kappa shape index (κ2) is 5.75. The van der Waals surface area contributed by atoms with Crippen molar-refractivity contribution in [2.75, 3.05) is 24.6 Å². The Kier molecular flexibility index (Phi) is 3.97. The first kappa shape index (κ1) is 17.3. The SMILES string of the molecule is CCOC(=O)CN1C(=O)C2(CN2C(=O)OC(C)(C)C)c2ccccc21. The van der Waals surface area contributed by atoms with E-state index in [0.717, 1.165) is 5.56 Å². The van der Waals surface area contributed by atoms with Gasteiger partial charge >= 0.3 is 12.1 Å². The summed E-state index contributed by atoms with van der Waals surface area (Å²) >= 11 is 0. The quantitative estimate of drug-likeness (QED) is 0.618. The molecule has 2 amide bonds. The van der Waals surface area contributed by atoms with E-state index in [2.05, 4.69) is 0 Å². The molecule has 1 saturated heterocycles. The number of amides is 2. The van der Waals surface area contributed by atoms with Gasteiger partial charge in [0.1, 0.15) is 12.1 Å². The third-order valence-corrected chi connectivity index (χ3v) is 4.19. The van der Waals surface area contributed by atoms with E-state index in [-0.39, 0.29) is 25.6 Å². The lowest BCUT2D eigenvalue weighted by Crippen LogP contribution is -2.40. The highest BCUT2D eigenvalue weighted by atomic mass is 16.6. The molecule has 0 bridgehead atoms. The van der Waals surface area contributed by atoms with Crippen LogP contribution in [0.3, 0.4) is 0 Å². The molecule has 1 spiro atoms. The number of hydrogen-bond donors (Lipinski definition) is 0. The van der Waals surface area contributed by atoms with Crippen molar-refractivity contribution in [1.82, 2.24) is 4.90 Å². The Hall–Kier alpha value is -2.57. The zero-order valence-corrected chi connectivity index (χ0v) is 14.9. The molecule has 1 aromatic carbocycles. The van der Waals surface area contributed by atoms with Gasteiger partial charge in [0, 0.05) is 5.56 Å². The molecule has 1 aromatic rings. The molecule has 0 radical (unpaired) electrons. The average molecular weight is 346 g/mol. The van der Waals surface area contributed by atoms with Crippen molar-refractivity contribution in [3.8, 4) is 0 Å². The Balaban J connectivity index is 1.89. The maximum Gasteiger partial charge on any atom is 0.411 e. The Morgan fingerprint density at radius 3 is 2.56 bits per heavy atom. The predicted octanol–water partition coefficient (Wildman–Crippen LogP) is 2.04. The summed E-state index contributed by atoms with van der Waals surface area (Å²) in [6.45, 7) is 7.36. The summed E-state index contributed by atoms with van der Waals surface area (Å²) in [5.41, 5.74) is -0.361. The van der Waals surface area contributed by atoms with Crippen molar-refractivity contribution >= 4 is 23.7 Å². The van der Waals surface area contributed by atoms with E-state index in [1.54, 1.807) is 39.8 Å². The Morgan fingerprint density at radius 2 is 1.92 bits per heavy atom. The fourth-order valence-electron chi connectivity index (χ4n) is 3.14. The summed E-state index contributed by atoms with van der Waals surface area (Å²) in [7, 11) is 0. The number of nitrogens with zero attached hydrogens (tertiary/aromatic N) is 2. The Bertz CT molecular complexity index is 739. The van der Waals surface area contributed by atoms with Crippen LogP contribution in [-0.4, -0.2) is 48.2 Å². The van der Waals surface area contributed by atoms with Gasteiger partial charge in [-0.25, -0.2) is 4.79 Å². The van der Waals surface area contributed by atoms with Crippen molar-refractivity contribution in [1.29, 1.82) is 0 Å². The van der Waals surface area contributed by atoms with Gasteiger partial charge in [0.15, 0.2) is 5.54 Å². The van der Waals surface area contributed by atoms with E-state index in [4.69, 9.17) is 9.47 Å². The number of para-hydroxylation sites is 1. The first-order chi connectivity index (χ1) is 11.7. The number of ether oxygens (including phenoxy) is 2. The number of carbonyl (C=O) groups is 3. The van der Waals surface area contributed by atoms with Crippen LogP contribution in [0.1, 0.15) is 33.3 Å². The fraction of sp³-hybridized carbons (Fsp3) is 0.500. The number of benzene rings is 1. The van der Waals surface area contributed by atoms with Crippen molar-refractivity contribution in [3.63, 3.8) is 0 Å². The lowest BCUT2D eigenvalue weighted by Gasteiger charge is -2.21. The minimum absolute atomic E-state index is 0.173. The van der Waals surface area contributed by atoms with Gasteiger partial charge in [-0.1, -0.05) is 18.2 Å². The third kappa shape index (κ3) is 2.83. The van der Waals surface area contributed by atoms with Crippen LogP contribution in [0.15, 0.2) is 24.3 Å². The van der Waals surface area contributed by atoms with E-state index in [1.807, 2.05) is 12.1 Å². The van der Waals surface area contributed by atoms with Crippen LogP contribution < -0.4 is 4.90 Å². The smallest absolute Gasteiger partial charge is 0.411 e. The number of esters is 1. The summed E-state index contributed by atoms with van der Waals surface area (Å²) < 4.78 is 10.3. The van der Waals surface area contributed by atoms with Crippen molar-refractivity contribution in [2.45, 2.75) is 38.8 Å². The summed E-state index contributed by atoms with van der Waals surface area (Å²) in [5, 5.41) is 0. The zero-order chi connectivity index (χ0) is 18.4. The summed E-state index contributed by atoms with van der Waals surface area (Å²) in [4.78, 5) is 40.1. The van der Waals surface area contributed by atoms with Crippen LogP contribution >= 0.6 is 0 Å². The lowest BCUT2D eigenvalue weighted by molar-refractivity contribution is -0.142. The molecular formula is C18H22N2O5. The minimum Gasteiger partial charge on any atom is -0.465 e. The minimum atomic E-state index is -1.06. The highest BCUT2D eigenvalue weighted by molar-refractivity contribution is 6.13. The second-order valence-corrected chi connectivity index (χ2v) is 7.14. The van der Waals surface area contributed by atoms with Gasteiger partial charge in [-0.3, -0.25) is 19.4 Å². The average Bonchev–Trinajstić information content (AvgIpc) is 3.23. The molecule has 0 aliphatic carbocycles. The first-order valence-corrected chi connectivity index (χ1v) is 8.28. The number of hydrogen-bond acceptors (Lipinski definition) is 5. The van der Waals surface area contributed by atoms with Crippen molar-refractivity contribution < 1.29 is 23.9 Å². The molecule has 2 aliphatic heterocycles. The highest BCUT2D eigenvalue weighted by Gasteiger charge is 2.69. The largest absolute Gasteiger partial charge is 0.465 e. The monoisotopic (exact) mass is 346 g/mol. The van der Waals surface area contributed by atoms with E-state index in [1.165, 1.54) is 9.80 Å². The number of rotatable bonds is 3. The summed E-state index contributed by atoms with van der Waals surface area (Å²) in [5.74, 6) is -0.778. The number of anilines is 1. The van der Waals surface area contributed by atoms with Crippen molar-refractivity contribution in [3.05, 3.63) is 29.8 Å². The molecule has 2 aliphatic rings. The third-order valence-electron chi connectivity index (χ3n) is 4.19. The molecule has 2 heterocycles. The van der Waals surface area contributed by atoms with Crippen LogP contribution in [0.4, 0.5) is 10.5 Å². The molecule has 7 heteroatoms. The molecule has 0 aromatic heterocycles. The number of fused-ring (bicyclic) bond motifs is 2. The summed E-state index contributed by atoms with van der Waals surface area (Å²) in [6.07, 6.45) is -0.534. The molecule has 1 unspecified atom stereocenters. The molecule has 3 rings (SSSR count). The fourth-order valence-corrected chi connectivity index (χ4v) is 3.14. The van der Waals surface area contributed by atoms with E-state index >= 15 is 0 Å². The standard InChI is InChI=1S/C18H22N2O5/c1-5-24-14(21)10-19-13-9-7-6-8-12(13)18(15(19)22)11-20(18)16(23)25-17(2,3)4/h6-9H,5,10-11H2,1-4H3. The molecule has 0 N–H and O–H groups in total. The molecule has 134 valence electrons. The van der Waals surface area contributed by atoms with Gasteiger partial charge in [0.05, 0.1) is 18.8 Å². The van der Waals surface area contributed by atoms with Gasteiger partial charge < -0.3 is 9.47 Å². The van der Waals surface area contributed by atoms with Gasteiger partial charge in [-0.2, -0.15) is 0 Å². The second-order valence-electron chi connectivity index (χ2n) is 7.14. The molecule has 7 nitrogen and oxygen atoms in total. The van der Waals surface area contributed by atoms with Crippen LogP contribution in [0, 0.1) is 0 Å². The van der Waals surface area contributed by atoms with E-state index in [9.17, 15) is 14.4 Å². The normalized spacial score (nSPS) is 21.4. The molecule has 1 atom stereocenters. The maximum absolute atomic E-state index is 13.0. The first-order valence-electron chi connectivity index (χ1n) is 8.28. The van der Waals surface area contributed by atoms with Crippen LogP contribution in [0.5, 0.6) is 0 Å². The summed E-state index contributed by atoms with van der Waals surface area (Å²) in [6, 6.07) is 7.19. The van der Waals surface area contributed by atoms with Gasteiger partial charge in [-0.15, -0.1) is 0 Å². The van der Waals surface area contributed by atoms with E-state index in [0.29, 0.717) is 5.69 Å². The Labute approximate surface area is 146 Å². The van der Waals surface area contributed by atoms with Crippen LogP contribution in [0.25, 0.3) is 0 Å². The predicted molar refractivity (Wildman–Crippen MR) is 90.0 cm³/mol. The topological polar surface area (TPSA) is 75.9 Å². The van der Waals surface area contributed by atoms with E-state index < -0.39 is 23.2 Å². The van der Waals surface area contributed by atoms with Gasteiger partial charge in [0.25, 0.3) is 5.91 Å². The Morgan fingerprint density at radius 1 is 1.24 bits per heavy atom. The highest BCUT2D eigenvalue weighted by Crippen LogP contribution is 2.53.